The van der Waals surface area contributed by atoms with Crippen LogP contribution in [0.1, 0.15) is 6.42 Å². The Balaban J connectivity index is 3.21. The molecule has 0 aromatic rings. The third kappa shape index (κ3) is 2.65. The largest absolute Gasteiger partial charge is 0.497 e. The minimum Gasteiger partial charge on any atom is -0.497 e. The van der Waals surface area contributed by atoms with Gasteiger partial charge in [-0.15, -0.1) is 0 Å². The van der Waals surface area contributed by atoms with Crippen LogP contribution in [0.3, 0.4) is 0 Å². The van der Waals surface area contributed by atoms with E-state index in [4.69, 9.17) is 4.74 Å². The highest BCUT2D eigenvalue weighted by molar-refractivity contribution is 5.90. The molecule has 18 heavy (non-hydrogen) atoms. The number of nitrogens with zero attached hydrogens (tertiary/aromatic N) is 1. The topological polar surface area (TPSA) is 105 Å². The van der Waals surface area contributed by atoms with Crippen LogP contribution in [0.5, 0.6) is 0 Å². The van der Waals surface area contributed by atoms with Gasteiger partial charge in [-0.05, 0) is 0 Å². The Labute approximate surface area is 102 Å². The molecule has 1 atom stereocenters. The minimum absolute atomic E-state index is 0.0673. The van der Waals surface area contributed by atoms with Crippen LogP contribution in [0, 0.1) is 10.1 Å². The first-order valence-corrected chi connectivity index (χ1v) is 4.79. The van der Waals surface area contributed by atoms with E-state index in [0.29, 0.717) is 0 Å². The molecule has 0 spiro atoms. The molecule has 1 aliphatic carbocycles. The van der Waals surface area contributed by atoms with Crippen molar-refractivity contribution in [2.75, 3.05) is 14.2 Å². The quantitative estimate of drug-likeness (QED) is 0.389. The van der Waals surface area contributed by atoms with E-state index >= 15 is 0 Å². The standard InChI is InChI=1S/C10H10NO7/c1-16-8-4-7(11(14)15)6(10(13)17-2)3-9(8)18-5-12/h4,9H,3H2,1-2H3. The summed E-state index contributed by atoms with van der Waals surface area (Å²) < 4.78 is 13.9. The van der Waals surface area contributed by atoms with Gasteiger partial charge in [0.05, 0.1) is 25.2 Å². The van der Waals surface area contributed by atoms with E-state index in [2.05, 4.69) is 9.47 Å². The average molecular weight is 256 g/mol. The van der Waals surface area contributed by atoms with Crippen LogP contribution < -0.4 is 0 Å². The van der Waals surface area contributed by atoms with Gasteiger partial charge in [0, 0.05) is 6.42 Å². The van der Waals surface area contributed by atoms with E-state index in [-0.39, 0.29) is 17.8 Å². The van der Waals surface area contributed by atoms with Crippen LogP contribution in [0.15, 0.2) is 23.1 Å². The van der Waals surface area contributed by atoms with Gasteiger partial charge in [-0.3, -0.25) is 10.1 Å². The molecule has 0 saturated carbocycles. The molecule has 0 heterocycles. The number of rotatable bonds is 5. The minimum atomic E-state index is -0.926. The van der Waals surface area contributed by atoms with Crippen molar-refractivity contribution in [1.29, 1.82) is 0 Å². The van der Waals surface area contributed by atoms with Gasteiger partial charge in [-0.25, -0.2) is 9.59 Å². The fraction of sp³-hybridized carbons (Fsp3) is 0.400. The average Bonchev–Trinajstić information content (AvgIpc) is 2.37. The highest BCUT2D eigenvalue weighted by atomic mass is 16.6. The second kappa shape index (κ2) is 5.80. The van der Waals surface area contributed by atoms with Crippen molar-refractivity contribution in [1.82, 2.24) is 0 Å². The number of methoxy groups -OCH3 is 2. The van der Waals surface area contributed by atoms with Crippen LogP contribution in [-0.4, -0.2) is 37.7 Å². The van der Waals surface area contributed by atoms with Crippen LogP contribution in [-0.2, 0) is 23.8 Å². The van der Waals surface area contributed by atoms with Crippen molar-refractivity contribution < 1.29 is 28.7 Å². The second-order valence-electron chi connectivity index (χ2n) is 3.26. The van der Waals surface area contributed by atoms with Crippen LogP contribution in [0.4, 0.5) is 0 Å². The van der Waals surface area contributed by atoms with Gasteiger partial charge >= 0.3 is 12.4 Å². The Morgan fingerprint density at radius 1 is 1.56 bits per heavy atom. The summed E-state index contributed by atoms with van der Waals surface area (Å²) in [4.78, 5) is 31.7. The fourth-order valence-electron chi connectivity index (χ4n) is 1.53. The van der Waals surface area contributed by atoms with E-state index < -0.39 is 22.7 Å². The Morgan fingerprint density at radius 3 is 2.67 bits per heavy atom. The molecule has 0 saturated heterocycles. The summed E-state index contributed by atoms with van der Waals surface area (Å²) in [5.41, 5.74) is -0.631. The lowest BCUT2D eigenvalue weighted by Gasteiger charge is -2.21. The lowest BCUT2D eigenvalue weighted by molar-refractivity contribution is -0.420. The molecule has 0 aromatic heterocycles. The van der Waals surface area contributed by atoms with Crippen molar-refractivity contribution in [3.8, 4) is 0 Å². The van der Waals surface area contributed by atoms with Crippen molar-refractivity contribution in [3.05, 3.63) is 33.2 Å². The number of hydrogen-bond donors (Lipinski definition) is 0. The van der Waals surface area contributed by atoms with Gasteiger partial charge in [-0.2, -0.15) is 0 Å². The van der Waals surface area contributed by atoms with Gasteiger partial charge in [0.2, 0.25) is 0 Å². The molecular formula is C10H10NO7. The van der Waals surface area contributed by atoms with Crippen LogP contribution in [0.2, 0.25) is 0 Å². The summed E-state index contributed by atoms with van der Waals surface area (Å²) in [6, 6.07) is 0. The van der Waals surface area contributed by atoms with E-state index in [1.165, 1.54) is 13.6 Å². The maximum atomic E-state index is 11.4. The van der Waals surface area contributed by atoms with E-state index in [9.17, 15) is 19.7 Å². The van der Waals surface area contributed by atoms with Gasteiger partial charge in [0.1, 0.15) is 11.3 Å². The molecule has 97 valence electrons. The van der Waals surface area contributed by atoms with Gasteiger partial charge in [0.25, 0.3) is 5.70 Å². The third-order valence-electron chi connectivity index (χ3n) is 2.35. The monoisotopic (exact) mass is 256 g/mol. The zero-order valence-electron chi connectivity index (χ0n) is 9.67. The Bertz CT molecular complexity index is 438. The summed E-state index contributed by atoms with van der Waals surface area (Å²) in [5.74, 6) is -0.787. The van der Waals surface area contributed by atoms with Gasteiger partial charge in [0.15, 0.2) is 6.10 Å². The first-order valence-electron chi connectivity index (χ1n) is 4.79. The van der Waals surface area contributed by atoms with Crippen molar-refractivity contribution in [2.24, 2.45) is 0 Å². The summed E-state index contributed by atoms with van der Waals surface area (Å²) >= 11 is 0. The van der Waals surface area contributed by atoms with Crippen molar-refractivity contribution >= 4 is 12.4 Å². The zero-order chi connectivity index (χ0) is 13.7. The smallest absolute Gasteiger partial charge is 0.418 e. The maximum Gasteiger partial charge on any atom is 0.418 e. The number of esters is 1. The number of nitro groups is 1. The molecule has 0 amide bonds. The Morgan fingerprint density at radius 2 is 2.22 bits per heavy atom. The summed E-state index contributed by atoms with van der Waals surface area (Å²) in [7, 11) is 2.37. The molecule has 0 N–H and O–H groups in total. The van der Waals surface area contributed by atoms with Gasteiger partial charge < -0.3 is 14.2 Å². The molecular weight excluding hydrogens is 246 g/mol. The van der Waals surface area contributed by atoms with Gasteiger partial charge in [-0.1, -0.05) is 0 Å². The molecule has 1 aliphatic rings. The molecule has 1 rings (SSSR count). The van der Waals surface area contributed by atoms with E-state index in [1.807, 2.05) is 0 Å². The third-order valence-corrected chi connectivity index (χ3v) is 2.35. The molecule has 0 bridgehead atoms. The van der Waals surface area contributed by atoms with Crippen molar-refractivity contribution in [2.45, 2.75) is 12.5 Å². The zero-order valence-corrected chi connectivity index (χ0v) is 9.67. The maximum absolute atomic E-state index is 11.4. The predicted octanol–water partition coefficient (Wildman–Crippen LogP) is 0.0766. The first kappa shape index (κ1) is 13.7. The molecule has 8 heteroatoms. The Hall–Kier alpha value is -2.38. The summed E-state index contributed by atoms with van der Waals surface area (Å²) in [5, 5.41) is 10.8. The number of ether oxygens (including phenoxy) is 3. The molecule has 8 nitrogen and oxygen atoms in total. The number of carbonyl (C=O) groups excluding carboxylic acids is 2. The molecule has 1 radical (unpaired) electrons. The Kier molecular flexibility index (Phi) is 4.41. The summed E-state index contributed by atoms with van der Waals surface area (Å²) in [6.07, 6.45) is -0.0966. The van der Waals surface area contributed by atoms with Crippen LogP contribution >= 0.6 is 0 Å². The highest BCUT2D eigenvalue weighted by Gasteiger charge is 2.35. The molecule has 1 unspecified atom stereocenters. The number of carbonyl (C=O) groups is 1. The molecule has 0 aromatic carbocycles. The van der Waals surface area contributed by atoms with Crippen LogP contribution in [0.25, 0.3) is 0 Å². The predicted molar refractivity (Wildman–Crippen MR) is 56.3 cm³/mol. The SMILES string of the molecule is COC(=O)C1=C([N+](=O)[O-])C=C(OC)C(O[C]=O)C1. The second-order valence-corrected chi connectivity index (χ2v) is 3.26. The van der Waals surface area contributed by atoms with Crippen molar-refractivity contribution in [3.63, 3.8) is 0 Å². The molecule has 0 fully saturated rings. The fourth-order valence-corrected chi connectivity index (χ4v) is 1.53. The number of hydrogen-bond acceptors (Lipinski definition) is 7. The lowest BCUT2D eigenvalue weighted by atomic mass is 9.98. The highest BCUT2D eigenvalue weighted by Crippen LogP contribution is 2.27. The number of allylic oxidation sites excluding steroid dienone is 1. The summed E-state index contributed by atoms with van der Waals surface area (Å²) in [6.45, 7) is 1.21. The first-order chi connectivity index (χ1) is 8.54. The lowest BCUT2D eigenvalue weighted by Crippen LogP contribution is -2.26. The van der Waals surface area contributed by atoms with E-state index in [1.54, 1.807) is 0 Å². The molecule has 0 aliphatic heterocycles. The normalized spacial score (nSPS) is 18.8. The van der Waals surface area contributed by atoms with E-state index in [0.717, 1.165) is 13.2 Å².